The van der Waals surface area contributed by atoms with Crippen molar-refractivity contribution in [1.29, 1.82) is 0 Å². The summed E-state index contributed by atoms with van der Waals surface area (Å²) in [6, 6.07) is 38.5. The van der Waals surface area contributed by atoms with E-state index in [1.54, 1.807) is 0 Å². The van der Waals surface area contributed by atoms with Gasteiger partial charge in [-0.2, -0.15) is 0 Å². The van der Waals surface area contributed by atoms with Gasteiger partial charge in [0.15, 0.2) is 0 Å². The summed E-state index contributed by atoms with van der Waals surface area (Å²) in [5.74, 6) is 2.72. The molecule has 0 fully saturated rings. The Morgan fingerprint density at radius 2 is 1.32 bits per heavy atom. The molecule has 4 aromatic carbocycles. The van der Waals surface area contributed by atoms with Gasteiger partial charge in [0, 0.05) is 6.54 Å². The van der Waals surface area contributed by atoms with E-state index in [4.69, 9.17) is 9.72 Å². The predicted octanol–water partition coefficient (Wildman–Crippen LogP) is 8.59. The molecule has 1 unspecified atom stereocenters. The lowest BCUT2D eigenvalue weighted by atomic mass is 9.90. The molecule has 0 spiro atoms. The van der Waals surface area contributed by atoms with E-state index in [0.717, 1.165) is 42.9 Å². The molecule has 0 aliphatic carbocycles. The van der Waals surface area contributed by atoms with E-state index in [0.29, 0.717) is 12.5 Å². The van der Waals surface area contributed by atoms with Crippen molar-refractivity contribution >= 4 is 11.0 Å². The highest BCUT2D eigenvalue weighted by Crippen LogP contribution is 2.33. The molecule has 0 saturated carbocycles. The van der Waals surface area contributed by atoms with Crippen LogP contribution >= 0.6 is 0 Å². The maximum absolute atomic E-state index is 6.07. The van der Waals surface area contributed by atoms with Crippen LogP contribution in [0.1, 0.15) is 67.5 Å². The monoisotopic (exact) mass is 488 g/mol. The summed E-state index contributed by atoms with van der Waals surface area (Å²) >= 11 is 0. The van der Waals surface area contributed by atoms with Crippen LogP contribution in [0.5, 0.6) is 5.75 Å². The van der Waals surface area contributed by atoms with Gasteiger partial charge >= 0.3 is 0 Å². The number of rotatable bonds is 11. The number of ether oxygens (including phenoxy) is 1. The molecule has 188 valence electrons. The molecule has 0 radical (unpaired) electrons. The molecule has 3 nitrogen and oxygen atoms in total. The maximum atomic E-state index is 6.07. The third-order valence-corrected chi connectivity index (χ3v) is 7.31. The Balaban J connectivity index is 1.34. The van der Waals surface area contributed by atoms with Crippen LogP contribution in [0, 0.1) is 0 Å². The highest BCUT2D eigenvalue weighted by atomic mass is 16.5. The zero-order valence-electron chi connectivity index (χ0n) is 21.9. The summed E-state index contributed by atoms with van der Waals surface area (Å²) in [4.78, 5) is 5.17. The maximum Gasteiger partial charge on any atom is 0.121 e. The van der Waals surface area contributed by atoms with Crippen molar-refractivity contribution < 1.29 is 4.74 Å². The molecule has 37 heavy (non-hydrogen) atoms. The smallest absolute Gasteiger partial charge is 0.121 e. The third-order valence-electron chi connectivity index (χ3n) is 7.31. The molecule has 0 aliphatic rings. The highest BCUT2D eigenvalue weighted by Gasteiger charge is 2.23. The summed E-state index contributed by atoms with van der Waals surface area (Å²) < 4.78 is 8.49. The second-order valence-corrected chi connectivity index (χ2v) is 9.80. The first kappa shape index (κ1) is 24.8. The van der Waals surface area contributed by atoms with Crippen LogP contribution in [-0.4, -0.2) is 16.2 Å². The Morgan fingerprint density at radius 3 is 1.97 bits per heavy atom. The molecular formula is C34H36N2O. The molecule has 0 N–H and O–H groups in total. The molecule has 0 amide bonds. The lowest BCUT2D eigenvalue weighted by Crippen LogP contribution is -2.13. The van der Waals surface area contributed by atoms with Gasteiger partial charge in [-0.25, -0.2) is 4.98 Å². The van der Waals surface area contributed by atoms with E-state index in [-0.39, 0.29) is 5.92 Å². The Labute approximate surface area is 220 Å². The number of benzene rings is 4. The standard InChI is InChI=1S/C34H36N2O/c1-3-26(2)27-20-22-30(23-21-27)37-25-13-12-24-36-32-19-11-10-18-31(32)35-34(36)33(28-14-6-4-7-15-28)29-16-8-5-9-17-29/h4-11,14-23,26,33H,3,12-13,24-25H2,1-2H3. The van der Waals surface area contributed by atoms with E-state index >= 15 is 0 Å². The number of para-hydroxylation sites is 2. The normalized spacial score (nSPS) is 12.2. The summed E-state index contributed by atoms with van der Waals surface area (Å²) in [6.07, 6.45) is 3.16. The van der Waals surface area contributed by atoms with E-state index in [1.165, 1.54) is 22.2 Å². The summed E-state index contributed by atoms with van der Waals surface area (Å²) in [5.41, 5.74) is 6.13. The zero-order chi connectivity index (χ0) is 25.5. The van der Waals surface area contributed by atoms with Crippen molar-refractivity contribution in [1.82, 2.24) is 9.55 Å². The van der Waals surface area contributed by atoms with Crippen LogP contribution in [0.15, 0.2) is 109 Å². The number of nitrogens with zero attached hydrogens (tertiary/aromatic N) is 2. The van der Waals surface area contributed by atoms with Crippen molar-refractivity contribution in [2.24, 2.45) is 0 Å². The third kappa shape index (κ3) is 5.77. The average Bonchev–Trinajstić information content (AvgIpc) is 3.32. The molecule has 0 saturated heterocycles. The van der Waals surface area contributed by atoms with Crippen molar-refractivity contribution in [3.8, 4) is 5.75 Å². The van der Waals surface area contributed by atoms with Crippen LogP contribution in [0.3, 0.4) is 0 Å². The van der Waals surface area contributed by atoms with E-state index in [2.05, 4.69) is 128 Å². The van der Waals surface area contributed by atoms with Crippen LogP contribution < -0.4 is 4.74 Å². The summed E-state index contributed by atoms with van der Waals surface area (Å²) in [7, 11) is 0. The SMILES string of the molecule is CCC(C)c1ccc(OCCCCn2c(C(c3ccccc3)c3ccccc3)nc3ccccc32)cc1. The van der Waals surface area contributed by atoms with Crippen LogP contribution in [0.25, 0.3) is 11.0 Å². The minimum atomic E-state index is 0.0788. The fourth-order valence-corrected chi connectivity index (χ4v) is 5.02. The Bertz CT molecular complexity index is 1350. The summed E-state index contributed by atoms with van der Waals surface area (Å²) in [5, 5.41) is 0. The fraction of sp³-hybridized carbons (Fsp3) is 0.265. The Kier molecular flexibility index (Phi) is 8.00. The van der Waals surface area contributed by atoms with E-state index in [9.17, 15) is 0 Å². The topological polar surface area (TPSA) is 27.1 Å². The largest absolute Gasteiger partial charge is 0.494 e. The Morgan fingerprint density at radius 1 is 0.703 bits per heavy atom. The van der Waals surface area contributed by atoms with Crippen LogP contribution in [-0.2, 0) is 6.54 Å². The van der Waals surface area contributed by atoms with Gasteiger partial charge in [0.25, 0.3) is 0 Å². The fourth-order valence-electron chi connectivity index (χ4n) is 5.02. The first-order valence-electron chi connectivity index (χ1n) is 13.5. The Hall–Kier alpha value is -3.85. The summed E-state index contributed by atoms with van der Waals surface area (Å²) in [6.45, 7) is 6.11. The molecule has 0 bridgehead atoms. The number of aromatic nitrogens is 2. The number of unbranched alkanes of at least 4 members (excludes halogenated alkanes) is 1. The van der Waals surface area contributed by atoms with Gasteiger partial charge in [-0.3, -0.25) is 0 Å². The van der Waals surface area contributed by atoms with Gasteiger partial charge in [0.1, 0.15) is 11.6 Å². The minimum Gasteiger partial charge on any atom is -0.494 e. The number of aryl methyl sites for hydroxylation is 1. The molecule has 1 atom stereocenters. The minimum absolute atomic E-state index is 0.0788. The van der Waals surface area contributed by atoms with E-state index < -0.39 is 0 Å². The second-order valence-electron chi connectivity index (χ2n) is 9.80. The van der Waals surface area contributed by atoms with Gasteiger partial charge in [-0.05, 0) is 66.1 Å². The molecule has 1 aromatic heterocycles. The lowest BCUT2D eigenvalue weighted by Gasteiger charge is -2.20. The van der Waals surface area contributed by atoms with Gasteiger partial charge < -0.3 is 9.30 Å². The van der Waals surface area contributed by atoms with Gasteiger partial charge in [0.2, 0.25) is 0 Å². The van der Waals surface area contributed by atoms with Crippen molar-refractivity contribution in [2.45, 2.75) is 51.5 Å². The van der Waals surface area contributed by atoms with Crippen molar-refractivity contribution in [2.75, 3.05) is 6.61 Å². The first-order valence-corrected chi connectivity index (χ1v) is 13.5. The molecule has 5 aromatic rings. The average molecular weight is 489 g/mol. The van der Waals surface area contributed by atoms with Gasteiger partial charge in [-0.15, -0.1) is 0 Å². The zero-order valence-corrected chi connectivity index (χ0v) is 21.9. The predicted molar refractivity (Wildman–Crippen MR) is 153 cm³/mol. The number of imidazole rings is 1. The van der Waals surface area contributed by atoms with Crippen molar-refractivity contribution in [3.05, 3.63) is 132 Å². The molecule has 3 heteroatoms. The number of hydrogen-bond donors (Lipinski definition) is 0. The van der Waals surface area contributed by atoms with Crippen LogP contribution in [0.2, 0.25) is 0 Å². The number of fused-ring (bicyclic) bond motifs is 1. The van der Waals surface area contributed by atoms with Gasteiger partial charge in [-0.1, -0.05) is 98.8 Å². The van der Waals surface area contributed by atoms with Gasteiger partial charge in [0.05, 0.1) is 23.6 Å². The molecule has 5 rings (SSSR count). The number of hydrogen-bond acceptors (Lipinski definition) is 2. The molecule has 1 heterocycles. The lowest BCUT2D eigenvalue weighted by molar-refractivity contribution is 0.303. The van der Waals surface area contributed by atoms with E-state index in [1.807, 2.05) is 0 Å². The van der Waals surface area contributed by atoms with Crippen molar-refractivity contribution in [3.63, 3.8) is 0 Å². The van der Waals surface area contributed by atoms with Crippen LogP contribution in [0.4, 0.5) is 0 Å². The molecular weight excluding hydrogens is 452 g/mol. The second kappa shape index (κ2) is 11.9. The molecule has 0 aliphatic heterocycles. The first-order chi connectivity index (χ1) is 18.2. The highest BCUT2D eigenvalue weighted by molar-refractivity contribution is 5.76. The quantitative estimate of drug-likeness (QED) is 0.174.